The van der Waals surface area contributed by atoms with Crippen LogP contribution in [-0.2, 0) is 6.42 Å². The molecule has 4 heteroatoms. The number of hydrogen-bond donors (Lipinski definition) is 0. The molecule has 12 rings (SSSR count). The SMILES string of the molecule is C1=CC(N(C2=CC=C(C3=CC=C(N(c4ccccc4)c4ccc5c6c(n(-c7ccccc7)c5c4)CCC=C6)CC3)CC2)c2ccc3c4ccccc4n(-c4ccccc4)c3c2)=CCC1. The smallest absolute Gasteiger partial charge is 0.0561 e. The number of allylic oxidation sites excluding steroid dienone is 12. The normalized spacial score (nSPS) is 16.0. The summed E-state index contributed by atoms with van der Waals surface area (Å²) in [5.41, 5.74) is 19.2. The summed E-state index contributed by atoms with van der Waals surface area (Å²) in [5, 5.41) is 3.87. The first-order chi connectivity index (χ1) is 31.8. The van der Waals surface area contributed by atoms with E-state index in [-0.39, 0.29) is 0 Å². The van der Waals surface area contributed by atoms with Crippen LogP contribution in [0.5, 0.6) is 0 Å². The zero-order chi connectivity index (χ0) is 42.4. The molecule has 4 aliphatic carbocycles. The van der Waals surface area contributed by atoms with Crippen molar-refractivity contribution in [3.05, 3.63) is 240 Å². The number of para-hydroxylation sites is 4. The molecule has 0 unspecified atom stereocenters. The zero-order valence-electron chi connectivity index (χ0n) is 36.1. The van der Waals surface area contributed by atoms with Crippen molar-refractivity contribution in [1.29, 1.82) is 0 Å². The predicted molar refractivity (Wildman–Crippen MR) is 270 cm³/mol. The maximum Gasteiger partial charge on any atom is 0.0561 e. The van der Waals surface area contributed by atoms with Crippen LogP contribution in [0.2, 0.25) is 0 Å². The van der Waals surface area contributed by atoms with Crippen LogP contribution in [0.3, 0.4) is 0 Å². The highest BCUT2D eigenvalue weighted by Crippen LogP contribution is 2.43. The van der Waals surface area contributed by atoms with Gasteiger partial charge in [0.15, 0.2) is 0 Å². The highest BCUT2D eigenvalue weighted by molar-refractivity contribution is 6.10. The summed E-state index contributed by atoms with van der Waals surface area (Å²) >= 11 is 0. The first-order valence-corrected chi connectivity index (χ1v) is 23.1. The highest BCUT2D eigenvalue weighted by Gasteiger charge is 2.25. The van der Waals surface area contributed by atoms with Crippen molar-refractivity contribution in [2.24, 2.45) is 0 Å². The molecule has 0 fully saturated rings. The lowest BCUT2D eigenvalue weighted by Gasteiger charge is -2.33. The van der Waals surface area contributed by atoms with Crippen LogP contribution in [0.15, 0.2) is 229 Å². The van der Waals surface area contributed by atoms with E-state index in [9.17, 15) is 0 Å². The first-order valence-electron chi connectivity index (χ1n) is 23.1. The average molecular weight is 827 g/mol. The summed E-state index contributed by atoms with van der Waals surface area (Å²) in [7, 11) is 0. The van der Waals surface area contributed by atoms with Gasteiger partial charge in [0.25, 0.3) is 0 Å². The monoisotopic (exact) mass is 826 g/mol. The van der Waals surface area contributed by atoms with Gasteiger partial charge in [-0.25, -0.2) is 0 Å². The second kappa shape index (κ2) is 16.3. The molecule has 0 radical (unpaired) electrons. The van der Waals surface area contributed by atoms with Crippen LogP contribution >= 0.6 is 0 Å². The van der Waals surface area contributed by atoms with Gasteiger partial charge in [0, 0.05) is 72.9 Å². The molecule has 8 aromatic rings. The number of anilines is 3. The van der Waals surface area contributed by atoms with E-state index in [0.717, 1.165) is 51.4 Å². The molecule has 0 atom stereocenters. The Morgan fingerprint density at radius 2 is 0.969 bits per heavy atom. The van der Waals surface area contributed by atoms with Gasteiger partial charge in [-0.1, -0.05) is 121 Å². The van der Waals surface area contributed by atoms with E-state index < -0.39 is 0 Å². The Morgan fingerprint density at radius 3 is 1.64 bits per heavy atom. The molecule has 4 aliphatic rings. The number of aromatic nitrogens is 2. The number of rotatable bonds is 9. The van der Waals surface area contributed by atoms with E-state index in [4.69, 9.17) is 0 Å². The molecule has 0 amide bonds. The van der Waals surface area contributed by atoms with E-state index in [1.807, 2.05) is 0 Å². The fourth-order valence-electron chi connectivity index (χ4n) is 10.6. The minimum Gasteiger partial charge on any atom is -0.314 e. The minimum atomic E-state index is 0.963. The molecule has 0 aliphatic heterocycles. The summed E-state index contributed by atoms with van der Waals surface area (Å²) in [6.45, 7) is 0. The van der Waals surface area contributed by atoms with Gasteiger partial charge in [0.2, 0.25) is 0 Å². The van der Waals surface area contributed by atoms with Gasteiger partial charge in [-0.2, -0.15) is 0 Å². The molecule has 4 nitrogen and oxygen atoms in total. The van der Waals surface area contributed by atoms with Crippen LogP contribution in [-0.4, -0.2) is 9.13 Å². The molecule has 310 valence electrons. The third-order valence-corrected chi connectivity index (χ3v) is 13.6. The lowest BCUT2D eigenvalue weighted by atomic mass is 9.89. The summed E-state index contributed by atoms with van der Waals surface area (Å²) in [4.78, 5) is 4.99. The van der Waals surface area contributed by atoms with Crippen molar-refractivity contribution in [2.45, 2.75) is 51.4 Å². The molecule has 64 heavy (non-hydrogen) atoms. The van der Waals surface area contributed by atoms with Crippen LogP contribution in [0.25, 0.3) is 50.2 Å². The second-order valence-electron chi connectivity index (χ2n) is 17.4. The fraction of sp³-hybridized carbons (Fsp3) is 0.133. The van der Waals surface area contributed by atoms with Gasteiger partial charge >= 0.3 is 0 Å². The van der Waals surface area contributed by atoms with Crippen LogP contribution in [0.4, 0.5) is 17.1 Å². The number of fused-ring (bicyclic) bond motifs is 6. The summed E-state index contributed by atoms with van der Waals surface area (Å²) in [6, 6.07) is 55.5. The minimum absolute atomic E-state index is 0.963. The fourth-order valence-corrected chi connectivity index (χ4v) is 10.6. The van der Waals surface area contributed by atoms with Gasteiger partial charge in [-0.05, 0) is 147 Å². The van der Waals surface area contributed by atoms with Gasteiger partial charge in [-0.3, -0.25) is 0 Å². The largest absolute Gasteiger partial charge is 0.314 e. The first kappa shape index (κ1) is 38.1. The van der Waals surface area contributed by atoms with E-state index in [0.29, 0.717) is 0 Å². The average Bonchev–Trinajstić information content (AvgIpc) is 3.88. The van der Waals surface area contributed by atoms with Gasteiger partial charge in [0.05, 0.1) is 16.6 Å². The topological polar surface area (TPSA) is 16.3 Å². The van der Waals surface area contributed by atoms with Gasteiger partial charge in [0.1, 0.15) is 0 Å². The Hall–Kier alpha value is -7.56. The Bertz CT molecular complexity index is 3310. The van der Waals surface area contributed by atoms with E-state index >= 15 is 0 Å². The quantitative estimate of drug-likeness (QED) is 0.144. The molecule has 0 spiro atoms. The summed E-state index contributed by atoms with van der Waals surface area (Å²) < 4.78 is 4.92. The van der Waals surface area contributed by atoms with Crippen LogP contribution < -0.4 is 9.80 Å². The van der Waals surface area contributed by atoms with Crippen LogP contribution in [0.1, 0.15) is 56.2 Å². The van der Waals surface area contributed by atoms with Crippen molar-refractivity contribution in [1.82, 2.24) is 9.13 Å². The van der Waals surface area contributed by atoms with Crippen molar-refractivity contribution in [2.75, 3.05) is 9.80 Å². The number of hydrogen-bond acceptors (Lipinski definition) is 2. The molecule has 0 saturated carbocycles. The van der Waals surface area contributed by atoms with Gasteiger partial charge < -0.3 is 18.9 Å². The zero-order valence-corrected chi connectivity index (χ0v) is 36.1. The Morgan fingerprint density at radius 1 is 0.391 bits per heavy atom. The third-order valence-electron chi connectivity index (χ3n) is 13.6. The molecule has 2 heterocycles. The molecule has 0 N–H and O–H groups in total. The molecule has 0 bridgehead atoms. The maximum absolute atomic E-state index is 2.51. The Labute approximate surface area is 375 Å². The Balaban J connectivity index is 0.898. The van der Waals surface area contributed by atoms with Crippen molar-refractivity contribution in [3.63, 3.8) is 0 Å². The number of nitrogens with zero attached hydrogens (tertiary/aromatic N) is 4. The predicted octanol–water partition coefficient (Wildman–Crippen LogP) is 15.8. The van der Waals surface area contributed by atoms with E-state index in [1.165, 1.54) is 101 Å². The maximum atomic E-state index is 2.51. The second-order valence-corrected chi connectivity index (χ2v) is 17.4. The van der Waals surface area contributed by atoms with Crippen LogP contribution in [0, 0.1) is 0 Å². The molecule has 0 saturated heterocycles. The summed E-state index contributed by atoms with van der Waals surface area (Å²) in [5.74, 6) is 0. The Kier molecular flexibility index (Phi) is 9.71. The van der Waals surface area contributed by atoms with E-state index in [1.54, 1.807) is 0 Å². The third kappa shape index (κ3) is 6.69. The van der Waals surface area contributed by atoms with E-state index in [2.05, 4.69) is 225 Å². The number of benzene rings is 6. The summed E-state index contributed by atoms with van der Waals surface area (Å²) in [6.07, 6.45) is 29.5. The lowest BCUT2D eigenvalue weighted by molar-refractivity contribution is 0.820. The molecular formula is C60H50N4. The van der Waals surface area contributed by atoms with Crippen molar-refractivity contribution >= 4 is 55.8 Å². The molecule has 2 aromatic heterocycles. The molecule has 6 aromatic carbocycles. The molecular weight excluding hydrogens is 777 g/mol. The highest BCUT2D eigenvalue weighted by atomic mass is 15.2. The van der Waals surface area contributed by atoms with Crippen molar-refractivity contribution < 1.29 is 0 Å². The van der Waals surface area contributed by atoms with Crippen molar-refractivity contribution in [3.8, 4) is 11.4 Å². The standard InChI is InChI=1S/C60H50N4/c1-5-17-45(18-6-1)61(51-37-39-55-53-25-13-15-27-57(53)63(59(55)41-51)47-21-9-3-10-22-47)49-33-29-43(30-34-49)44-31-35-50(36-32-44)62(46-19-7-2-8-20-46)52-38-40-56-54-26-14-16-28-58(54)64(60(56)42-52)48-23-11-4-12-24-48/h1,3-7,9-14,16-26,28-29,31,33,35,37-42H,2,8,15,27,30,32,34,36H2. The lowest BCUT2D eigenvalue weighted by Crippen LogP contribution is -2.23. The van der Waals surface area contributed by atoms with Gasteiger partial charge in [-0.15, -0.1) is 0 Å².